The van der Waals surface area contributed by atoms with Crippen LogP contribution in [0.2, 0.25) is 0 Å². The van der Waals surface area contributed by atoms with Gasteiger partial charge in [0.2, 0.25) is 5.91 Å². The largest absolute Gasteiger partial charge is 0.480 e. The van der Waals surface area contributed by atoms with E-state index in [0.717, 1.165) is 5.56 Å². The van der Waals surface area contributed by atoms with Gasteiger partial charge < -0.3 is 16.2 Å². The highest BCUT2D eigenvalue weighted by Crippen LogP contribution is 2.23. The molecule has 0 aromatic heterocycles. The summed E-state index contributed by atoms with van der Waals surface area (Å²) in [6, 6.07) is 6.26. The molecule has 0 saturated carbocycles. The summed E-state index contributed by atoms with van der Waals surface area (Å²) in [5, 5.41) is 11.3. The van der Waals surface area contributed by atoms with Crippen LogP contribution >= 0.6 is 0 Å². The van der Waals surface area contributed by atoms with E-state index in [-0.39, 0.29) is 12.3 Å². The van der Waals surface area contributed by atoms with E-state index in [2.05, 4.69) is 5.32 Å². The molecule has 0 saturated heterocycles. The third kappa shape index (κ3) is 3.85. The van der Waals surface area contributed by atoms with Crippen LogP contribution in [0.15, 0.2) is 24.3 Å². The van der Waals surface area contributed by atoms with Crippen LogP contribution in [0.1, 0.15) is 31.7 Å². The smallest absolute Gasteiger partial charge is 0.321 e. The standard InChI is InChI=1S/C13H18N2O3/c1-8(2)9-5-3-4-6-11(9)15-12(16)7-10(14)13(17)18/h3-6,8,10H,7,14H2,1-2H3,(H,15,16)(H,17,18). The molecular weight excluding hydrogens is 232 g/mol. The van der Waals surface area contributed by atoms with Crippen LogP contribution in [0, 0.1) is 0 Å². The van der Waals surface area contributed by atoms with Crippen molar-refractivity contribution in [2.45, 2.75) is 32.2 Å². The third-order valence-corrected chi connectivity index (χ3v) is 2.58. The lowest BCUT2D eigenvalue weighted by molar-refractivity contribution is -0.140. The second-order valence-corrected chi connectivity index (χ2v) is 4.44. The number of para-hydroxylation sites is 1. The molecule has 1 amide bonds. The van der Waals surface area contributed by atoms with Crippen molar-refractivity contribution in [3.05, 3.63) is 29.8 Å². The van der Waals surface area contributed by atoms with Crippen LogP contribution in [-0.2, 0) is 9.59 Å². The van der Waals surface area contributed by atoms with Gasteiger partial charge in [-0.15, -0.1) is 0 Å². The van der Waals surface area contributed by atoms with E-state index in [9.17, 15) is 9.59 Å². The van der Waals surface area contributed by atoms with Gasteiger partial charge in [-0.25, -0.2) is 0 Å². The number of rotatable bonds is 5. The van der Waals surface area contributed by atoms with E-state index in [4.69, 9.17) is 10.8 Å². The lowest BCUT2D eigenvalue weighted by Gasteiger charge is -2.14. The number of carbonyl (C=O) groups excluding carboxylic acids is 1. The van der Waals surface area contributed by atoms with Crippen molar-refractivity contribution in [2.75, 3.05) is 5.32 Å². The highest BCUT2D eigenvalue weighted by molar-refractivity contribution is 5.94. The zero-order chi connectivity index (χ0) is 13.7. The Morgan fingerprint density at radius 3 is 2.50 bits per heavy atom. The van der Waals surface area contributed by atoms with E-state index in [1.165, 1.54) is 0 Å². The fourth-order valence-corrected chi connectivity index (χ4v) is 1.60. The van der Waals surface area contributed by atoms with Gasteiger partial charge in [0.1, 0.15) is 6.04 Å². The first-order valence-electron chi connectivity index (χ1n) is 5.79. The maximum absolute atomic E-state index is 11.6. The Morgan fingerprint density at radius 1 is 1.33 bits per heavy atom. The number of amides is 1. The number of hydrogen-bond acceptors (Lipinski definition) is 3. The van der Waals surface area contributed by atoms with Crippen molar-refractivity contribution in [2.24, 2.45) is 5.73 Å². The number of anilines is 1. The molecule has 1 atom stereocenters. The maximum Gasteiger partial charge on any atom is 0.321 e. The summed E-state index contributed by atoms with van der Waals surface area (Å²) in [4.78, 5) is 22.2. The average molecular weight is 250 g/mol. The summed E-state index contributed by atoms with van der Waals surface area (Å²) in [6.45, 7) is 4.04. The van der Waals surface area contributed by atoms with E-state index in [1.807, 2.05) is 32.0 Å². The Balaban J connectivity index is 2.73. The first kappa shape index (κ1) is 14.2. The topological polar surface area (TPSA) is 92.4 Å². The Kier molecular flexibility index (Phi) is 4.85. The predicted octanol–water partition coefficient (Wildman–Crippen LogP) is 1.55. The molecule has 0 fully saturated rings. The average Bonchev–Trinajstić information content (AvgIpc) is 2.28. The van der Waals surface area contributed by atoms with Gasteiger partial charge in [-0.2, -0.15) is 0 Å². The molecule has 18 heavy (non-hydrogen) atoms. The number of hydrogen-bond donors (Lipinski definition) is 3. The van der Waals surface area contributed by atoms with Gasteiger partial charge >= 0.3 is 5.97 Å². The molecule has 0 aliphatic carbocycles. The van der Waals surface area contributed by atoms with Gasteiger partial charge in [0, 0.05) is 5.69 Å². The minimum atomic E-state index is -1.18. The molecular formula is C13H18N2O3. The number of carboxylic acid groups (broad SMARTS) is 1. The second kappa shape index (κ2) is 6.16. The molecule has 98 valence electrons. The number of aliphatic carboxylic acids is 1. The maximum atomic E-state index is 11.6. The molecule has 1 aromatic carbocycles. The minimum Gasteiger partial charge on any atom is -0.480 e. The Labute approximate surface area is 106 Å². The van der Waals surface area contributed by atoms with Gasteiger partial charge in [-0.05, 0) is 17.5 Å². The van der Waals surface area contributed by atoms with Crippen molar-refractivity contribution in [3.63, 3.8) is 0 Å². The predicted molar refractivity (Wildman–Crippen MR) is 69.4 cm³/mol. The summed E-state index contributed by atoms with van der Waals surface area (Å²) in [7, 11) is 0. The minimum absolute atomic E-state index is 0.234. The van der Waals surface area contributed by atoms with Crippen LogP contribution in [0.5, 0.6) is 0 Å². The summed E-state index contributed by atoms with van der Waals surface area (Å²) in [6.07, 6.45) is -0.234. The molecule has 0 aliphatic rings. The van der Waals surface area contributed by atoms with Gasteiger partial charge in [-0.1, -0.05) is 32.0 Å². The van der Waals surface area contributed by atoms with Crippen molar-refractivity contribution in [1.82, 2.24) is 0 Å². The molecule has 0 spiro atoms. The molecule has 5 heteroatoms. The molecule has 1 unspecified atom stereocenters. The molecule has 1 rings (SSSR count). The van der Waals surface area contributed by atoms with Gasteiger partial charge in [-0.3, -0.25) is 9.59 Å². The van der Waals surface area contributed by atoms with Gasteiger partial charge in [0.25, 0.3) is 0 Å². The fraction of sp³-hybridized carbons (Fsp3) is 0.385. The lowest BCUT2D eigenvalue weighted by atomic mass is 10.0. The summed E-state index contributed by atoms with van der Waals surface area (Å²) in [5.74, 6) is -1.30. The molecule has 4 N–H and O–H groups in total. The highest BCUT2D eigenvalue weighted by atomic mass is 16.4. The van der Waals surface area contributed by atoms with Crippen molar-refractivity contribution < 1.29 is 14.7 Å². The SMILES string of the molecule is CC(C)c1ccccc1NC(=O)CC(N)C(=O)O. The second-order valence-electron chi connectivity index (χ2n) is 4.44. The highest BCUT2D eigenvalue weighted by Gasteiger charge is 2.17. The van der Waals surface area contributed by atoms with E-state index in [0.29, 0.717) is 5.69 Å². The molecule has 1 aromatic rings. The van der Waals surface area contributed by atoms with E-state index in [1.54, 1.807) is 6.07 Å². The number of nitrogens with one attached hydrogen (secondary N) is 1. The number of carboxylic acids is 1. The van der Waals surface area contributed by atoms with Crippen LogP contribution in [0.4, 0.5) is 5.69 Å². The Bertz CT molecular complexity index is 444. The molecule has 0 radical (unpaired) electrons. The van der Waals surface area contributed by atoms with E-state index < -0.39 is 17.9 Å². The quantitative estimate of drug-likeness (QED) is 0.739. The molecule has 5 nitrogen and oxygen atoms in total. The Morgan fingerprint density at radius 2 is 1.94 bits per heavy atom. The molecule has 0 aliphatic heterocycles. The summed E-state index contributed by atoms with van der Waals surface area (Å²) in [5.41, 5.74) is 7.02. The molecule has 0 heterocycles. The van der Waals surface area contributed by atoms with Gasteiger partial charge in [0.15, 0.2) is 0 Å². The molecule has 0 bridgehead atoms. The first-order chi connectivity index (χ1) is 8.41. The summed E-state index contributed by atoms with van der Waals surface area (Å²) >= 11 is 0. The van der Waals surface area contributed by atoms with Crippen LogP contribution < -0.4 is 11.1 Å². The number of benzene rings is 1. The third-order valence-electron chi connectivity index (χ3n) is 2.58. The Hall–Kier alpha value is -1.88. The lowest BCUT2D eigenvalue weighted by Crippen LogP contribution is -2.34. The first-order valence-corrected chi connectivity index (χ1v) is 5.79. The summed E-state index contributed by atoms with van der Waals surface area (Å²) < 4.78 is 0. The zero-order valence-corrected chi connectivity index (χ0v) is 10.5. The number of nitrogens with two attached hydrogens (primary N) is 1. The number of carbonyl (C=O) groups is 2. The van der Waals surface area contributed by atoms with Gasteiger partial charge in [0.05, 0.1) is 6.42 Å². The van der Waals surface area contributed by atoms with Crippen molar-refractivity contribution in [3.8, 4) is 0 Å². The normalized spacial score (nSPS) is 12.2. The zero-order valence-electron chi connectivity index (χ0n) is 10.5. The monoisotopic (exact) mass is 250 g/mol. The van der Waals surface area contributed by atoms with Crippen LogP contribution in [0.25, 0.3) is 0 Å². The van der Waals surface area contributed by atoms with E-state index >= 15 is 0 Å². The van der Waals surface area contributed by atoms with Crippen molar-refractivity contribution >= 4 is 17.6 Å². The van der Waals surface area contributed by atoms with Crippen molar-refractivity contribution in [1.29, 1.82) is 0 Å². The van der Waals surface area contributed by atoms with Crippen LogP contribution in [0.3, 0.4) is 0 Å². The van der Waals surface area contributed by atoms with Crippen LogP contribution in [-0.4, -0.2) is 23.0 Å². The fourth-order valence-electron chi connectivity index (χ4n) is 1.60.